The van der Waals surface area contributed by atoms with Crippen molar-refractivity contribution in [3.8, 4) is 0 Å². The van der Waals surface area contributed by atoms with E-state index in [4.69, 9.17) is 0 Å². The SMILES string of the molecule is CC(C)(C)C1CCN(Cc2ccc(F)cc2B(O)O)CC1. The highest BCUT2D eigenvalue weighted by molar-refractivity contribution is 6.59. The van der Waals surface area contributed by atoms with E-state index in [1.54, 1.807) is 6.07 Å². The molecule has 1 aromatic rings. The van der Waals surface area contributed by atoms with E-state index < -0.39 is 12.9 Å². The van der Waals surface area contributed by atoms with Crippen molar-refractivity contribution in [2.75, 3.05) is 13.1 Å². The van der Waals surface area contributed by atoms with Gasteiger partial charge in [-0.25, -0.2) is 4.39 Å². The summed E-state index contributed by atoms with van der Waals surface area (Å²) in [5, 5.41) is 18.8. The standard InChI is InChI=1S/C16H25BFNO2/c1-16(2,3)13-6-8-19(9-7-13)11-12-4-5-14(18)10-15(12)17(20)21/h4-5,10,13,20-21H,6-9,11H2,1-3H3. The zero-order valence-electron chi connectivity index (χ0n) is 13.1. The van der Waals surface area contributed by atoms with E-state index in [9.17, 15) is 14.4 Å². The fourth-order valence-corrected chi connectivity index (χ4v) is 3.15. The molecule has 0 aliphatic carbocycles. The van der Waals surface area contributed by atoms with Crippen LogP contribution in [0.3, 0.4) is 0 Å². The molecule has 1 aliphatic rings. The fraction of sp³-hybridized carbons (Fsp3) is 0.625. The fourth-order valence-electron chi connectivity index (χ4n) is 3.15. The van der Waals surface area contributed by atoms with Gasteiger partial charge in [-0.3, -0.25) is 4.90 Å². The minimum Gasteiger partial charge on any atom is -0.423 e. The molecule has 0 bridgehead atoms. The van der Waals surface area contributed by atoms with Crippen LogP contribution in [0.1, 0.15) is 39.2 Å². The maximum Gasteiger partial charge on any atom is 0.488 e. The number of likely N-dealkylation sites (tertiary alicyclic amines) is 1. The maximum atomic E-state index is 13.2. The molecule has 1 saturated heterocycles. The molecule has 1 heterocycles. The van der Waals surface area contributed by atoms with Gasteiger partial charge in [0.25, 0.3) is 0 Å². The lowest BCUT2D eigenvalue weighted by Crippen LogP contribution is -2.40. The molecule has 5 heteroatoms. The Balaban J connectivity index is 2.01. The smallest absolute Gasteiger partial charge is 0.423 e. The van der Waals surface area contributed by atoms with Crippen LogP contribution in [0.25, 0.3) is 0 Å². The lowest BCUT2D eigenvalue weighted by atomic mass is 9.74. The summed E-state index contributed by atoms with van der Waals surface area (Å²) in [6, 6.07) is 4.24. The van der Waals surface area contributed by atoms with Gasteiger partial charge in [0.2, 0.25) is 0 Å². The monoisotopic (exact) mass is 293 g/mol. The van der Waals surface area contributed by atoms with E-state index in [-0.39, 0.29) is 5.46 Å². The summed E-state index contributed by atoms with van der Waals surface area (Å²) >= 11 is 0. The quantitative estimate of drug-likeness (QED) is 0.835. The molecular weight excluding hydrogens is 268 g/mol. The summed E-state index contributed by atoms with van der Waals surface area (Å²) in [7, 11) is -1.62. The molecule has 1 fully saturated rings. The van der Waals surface area contributed by atoms with Crippen molar-refractivity contribution in [2.45, 2.75) is 40.2 Å². The third kappa shape index (κ3) is 4.28. The van der Waals surface area contributed by atoms with Crippen LogP contribution in [0, 0.1) is 17.2 Å². The average molecular weight is 293 g/mol. The molecule has 0 atom stereocenters. The van der Waals surface area contributed by atoms with Gasteiger partial charge in [-0.05, 0) is 60.4 Å². The van der Waals surface area contributed by atoms with Gasteiger partial charge in [0.1, 0.15) is 5.82 Å². The molecule has 3 nitrogen and oxygen atoms in total. The van der Waals surface area contributed by atoms with E-state index in [1.807, 2.05) is 0 Å². The van der Waals surface area contributed by atoms with Crippen molar-refractivity contribution in [2.24, 2.45) is 11.3 Å². The number of piperidine rings is 1. The van der Waals surface area contributed by atoms with Crippen LogP contribution in [0.2, 0.25) is 0 Å². The first kappa shape index (κ1) is 16.5. The van der Waals surface area contributed by atoms with Gasteiger partial charge >= 0.3 is 7.12 Å². The first-order chi connectivity index (χ1) is 9.77. The van der Waals surface area contributed by atoms with Gasteiger partial charge in [0.15, 0.2) is 0 Å². The summed E-state index contributed by atoms with van der Waals surface area (Å²) in [5.74, 6) is 0.290. The van der Waals surface area contributed by atoms with Gasteiger partial charge in [-0.15, -0.1) is 0 Å². The molecule has 2 rings (SSSR count). The Morgan fingerprint density at radius 1 is 1.24 bits per heavy atom. The van der Waals surface area contributed by atoms with E-state index >= 15 is 0 Å². The van der Waals surface area contributed by atoms with Crippen LogP contribution in [-0.4, -0.2) is 35.2 Å². The normalized spacial score (nSPS) is 18.0. The van der Waals surface area contributed by atoms with Crippen molar-refractivity contribution in [1.29, 1.82) is 0 Å². The molecule has 0 saturated carbocycles. The first-order valence-corrected chi connectivity index (χ1v) is 7.64. The topological polar surface area (TPSA) is 43.7 Å². The number of benzene rings is 1. The Kier molecular flexibility index (Phi) is 5.07. The molecule has 0 aromatic heterocycles. The number of rotatable bonds is 3. The number of halogens is 1. The molecular formula is C16H25BFNO2. The summed E-state index contributed by atoms with van der Waals surface area (Å²) in [4.78, 5) is 2.31. The number of hydrogen-bond donors (Lipinski definition) is 2. The molecule has 0 radical (unpaired) electrons. The second kappa shape index (κ2) is 6.47. The lowest BCUT2D eigenvalue weighted by molar-refractivity contribution is 0.108. The van der Waals surface area contributed by atoms with E-state index in [1.165, 1.54) is 12.1 Å². The second-order valence-corrected chi connectivity index (χ2v) is 7.13. The zero-order chi connectivity index (χ0) is 15.6. The summed E-state index contributed by atoms with van der Waals surface area (Å²) in [5.41, 5.74) is 1.41. The molecule has 116 valence electrons. The summed E-state index contributed by atoms with van der Waals surface area (Å²) in [6.45, 7) is 9.50. The van der Waals surface area contributed by atoms with E-state index in [0.717, 1.165) is 37.4 Å². The highest BCUT2D eigenvalue weighted by Gasteiger charge is 2.29. The van der Waals surface area contributed by atoms with Gasteiger partial charge in [-0.1, -0.05) is 26.8 Å². The molecule has 0 unspecified atom stereocenters. The van der Waals surface area contributed by atoms with Crippen molar-refractivity contribution in [3.05, 3.63) is 29.6 Å². The van der Waals surface area contributed by atoms with E-state index in [0.29, 0.717) is 12.0 Å². The number of nitrogens with zero attached hydrogens (tertiary/aromatic N) is 1. The average Bonchev–Trinajstić information content (AvgIpc) is 2.40. The number of hydrogen-bond acceptors (Lipinski definition) is 3. The van der Waals surface area contributed by atoms with Gasteiger partial charge < -0.3 is 10.0 Å². The van der Waals surface area contributed by atoms with Crippen molar-refractivity contribution in [1.82, 2.24) is 4.90 Å². The highest BCUT2D eigenvalue weighted by Crippen LogP contribution is 2.34. The predicted octanol–water partition coefficient (Wildman–Crippen LogP) is 1.76. The Morgan fingerprint density at radius 2 is 1.86 bits per heavy atom. The zero-order valence-corrected chi connectivity index (χ0v) is 13.1. The van der Waals surface area contributed by atoms with Gasteiger partial charge in [0, 0.05) is 6.54 Å². The van der Waals surface area contributed by atoms with E-state index in [2.05, 4.69) is 25.7 Å². The lowest BCUT2D eigenvalue weighted by Gasteiger charge is -2.39. The Morgan fingerprint density at radius 3 is 2.38 bits per heavy atom. The predicted molar refractivity (Wildman–Crippen MR) is 83.7 cm³/mol. The van der Waals surface area contributed by atoms with Crippen molar-refractivity contribution < 1.29 is 14.4 Å². The Hall–Kier alpha value is -0.905. The summed E-state index contributed by atoms with van der Waals surface area (Å²) < 4.78 is 13.2. The molecule has 0 amide bonds. The van der Waals surface area contributed by atoms with Gasteiger partial charge in [0.05, 0.1) is 0 Å². The van der Waals surface area contributed by atoms with Gasteiger partial charge in [-0.2, -0.15) is 0 Å². The van der Waals surface area contributed by atoms with Crippen LogP contribution in [0.4, 0.5) is 4.39 Å². The third-order valence-corrected chi connectivity index (χ3v) is 4.59. The Labute approximate surface area is 126 Å². The van der Waals surface area contributed by atoms with Crippen LogP contribution in [0.5, 0.6) is 0 Å². The molecule has 0 spiro atoms. The molecule has 1 aliphatic heterocycles. The minimum absolute atomic E-state index is 0.271. The van der Waals surface area contributed by atoms with Crippen LogP contribution < -0.4 is 5.46 Å². The first-order valence-electron chi connectivity index (χ1n) is 7.64. The maximum absolute atomic E-state index is 13.2. The Bertz CT molecular complexity index is 480. The second-order valence-electron chi connectivity index (χ2n) is 7.13. The van der Waals surface area contributed by atoms with Crippen molar-refractivity contribution >= 4 is 12.6 Å². The van der Waals surface area contributed by atoms with Crippen molar-refractivity contribution in [3.63, 3.8) is 0 Å². The third-order valence-electron chi connectivity index (χ3n) is 4.59. The summed E-state index contributed by atoms with van der Waals surface area (Å²) in [6.07, 6.45) is 2.31. The molecule has 2 N–H and O–H groups in total. The van der Waals surface area contributed by atoms with Crippen LogP contribution in [0.15, 0.2) is 18.2 Å². The highest BCUT2D eigenvalue weighted by atomic mass is 19.1. The molecule has 21 heavy (non-hydrogen) atoms. The minimum atomic E-state index is -1.62. The van der Waals surface area contributed by atoms with Crippen LogP contribution >= 0.6 is 0 Å². The molecule has 1 aromatic carbocycles. The van der Waals surface area contributed by atoms with Crippen LogP contribution in [-0.2, 0) is 6.54 Å². The largest absolute Gasteiger partial charge is 0.488 e.